The van der Waals surface area contributed by atoms with Crippen molar-refractivity contribution >= 4 is 29.3 Å². The van der Waals surface area contributed by atoms with Crippen molar-refractivity contribution in [2.45, 2.75) is 19.1 Å². The number of amides is 1. The first kappa shape index (κ1) is 16.0. The highest BCUT2D eigenvalue weighted by atomic mass is 35.5. The van der Waals surface area contributed by atoms with Crippen molar-refractivity contribution in [3.63, 3.8) is 0 Å². The Labute approximate surface area is 121 Å². The summed E-state index contributed by atoms with van der Waals surface area (Å²) < 4.78 is 15.4. The summed E-state index contributed by atoms with van der Waals surface area (Å²) in [4.78, 5) is 11.1. The topological polar surface area (TPSA) is 70.8 Å². The van der Waals surface area contributed by atoms with E-state index in [0.29, 0.717) is 17.0 Å². The number of hydrogen-bond acceptors (Lipinski definition) is 4. The number of methoxy groups -OCH3 is 1. The molecule has 1 aromatic carbocycles. The molecule has 1 rings (SSSR count). The fourth-order valence-electron chi connectivity index (χ4n) is 1.64. The van der Waals surface area contributed by atoms with E-state index in [-0.39, 0.29) is 11.8 Å². The van der Waals surface area contributed by atoms with Crippen LogP contribution in [-0.2, 0) is 20.0 Å². The van der Waals surface area contributed by atoms with Gasteiger partial charge in [-0.2, -0.15) is 0 Å². The van der Waals surface area contributed by atoms with Crippen LogP contribution < -0.4 is 5.73 Å². The van der Waals surface area contributed by atoms with Crippen LogP contribution in [0.25, 0.3) is 0 Å². The van der Waals surface area contributed by atoms with Crippen molar-refractivity contribution in [1.29, 1.82) is 0 Å². The third-order valence-electron chi connectivity index (χ3n) is 2.50. The molecule has 0 radical (unpaired) electrons. The molecule has 0 bridgehead atoms. The zero-order chi connectivity index (χ0) is 14.5. The molecule has 0 spiro atoms. The number of nitrogens with two attached hydrogens (primary N) is 1. The lowest BCUT2D eigenvalue weighted by molar-refractivity contribution is -0.249. The van der Waals surface area contributed by atoms with Gasteiger partial charge >= 0.3 is 6.09 Å². The zero-order valence-corrected chi connectivity index (χ0v) is 12.1. The van der Waals surface area contributed by atoms with Crippen LogP contribution in [0.3, 0.4) is 0 Å². The first-order valence-corrected chi connectivity index (χ1v) is 6.28. The quantitative estimate of drug-likeness (QED) is 0.819. The molecule has 0 heterocycles. The molecule has 0 aliphatic heterocycles. The molecule has 5 nitrogen and oxygen atoms in total. The second-order valence-electron chi connectivity index (χ2n) is 3.68. The maximum Gasteiger partial charge on any atom is 0.407 e. The molecule has 0 aliphatic rings. The van der Waals surface area contributed by atoms with Gasteiger partial charge < -0.3 is 19.9 Å². The molecule has 1 amide bonds. The normalized spacial score (nSPS) is 13.9. The van der Waals surface area contributed by atoms with Gasteiger partial charge in [-0.1, -0.05) is 42.3 Å². The second kappa shape index (κ2) is 6.96. The van der Waals surface area contributed by atoms with Crippen molar-refractivity contribution in [3.05, 3.63) is 33.8 Å². The molecule has 106 valence electrons. The van der Waals surface area contributed by atoms with Crippen molar-refractivity contribution in [2.24, 2.45) is 5.73 Å². The highest BCUT2D eigenvalue weighted by Gasteiger charge is 2.38. The smallest absolute Gasteiger partial charge is 0.407 e. The van der Waals surface area contributed by atoms with Crippen molar-refractivity contribution < 1.29 is 19.0 Å². The molecule has 0 aliphatic carbocycles. The first-order valence-electron chi connectivity index (χ1n) is 5.52. The molecule has 7 heteroatoms. The summed E-state index contributed by atoms with van der Waals surface area (Å²) in [6.07, 6.45) is -0.687. The fourth-order valence-corrected chi connectivity index (χ4v) is 2.09. The number of rotatable bonds is 6. The largest absolute Gasteiger partial charge is 0.412 e. The van der Waals surface area contributed by atoms with Crippen LogP contribution in [0.5, 0.6) is 0 Å². The van der Waals surface area contributed by atoms with E-state index in [2.05, 4.69) is 0 Å². The lowest BCUT2D eigenvalue weighted by Gasteiger charge is -2.32. The van der Waals surface area contributed by atoms with E-state index in [1.54, 1.807) is 25.1 Å². The summed E-state index contributed by atoms with van der Waals surface area (Å²) in [6.45, 7) is 1.67. The number of hydrogen-bond donors (Lipinski definition) is 1. The Kier molecular flexibility index (Phi) is 5.87. The predicted molar refractivity (Wildman–Crippen MR) is 72.1 cm³/mol. The monoisotopic (exact) mass is 307 g/mol. The summed E-state index contributed by atoms with van der Waals surface area (Å²) in [6, 6.07) is 4.94. The second-order valence-corrected chi connectivity index (χ2v) is 4.46. The fraction of sp³-hybridized carbons (Fsp3) is 0.417. The Bertz CT molecular complexity index is 455. The lowest BCUT2D eigenvalue weighted by atomic mass is 10.0. The third kappa shape index (κ3) is 3.73. The van der Waals surface area contributed by atoms with Gasteiger partial charge in [0, 0.05) is 19.1 Å². The number of primary amides is 1. The zero-order valence-electron chi connectivity index (χ0n) is 10.6. The minimum atomic E-state index is -1.43. The molecule has 2 N–H and O–H groups in total. The van der Waals surface area contributed by atoms with Crippen LogP contribution >= 0.6 is 23.2 Å². The molecule has 1 unspecified atom stereocenters. The number of carbonyl (C=O) groups excluding carboxylic acids is 1. The maximum absolute atomic E-state index is 11.1. The summed E-state index contributed by atoms with van der Waals surface area (Å²) in [5, 5.41) is 0.564. The Morgan fingerprint density at radius 2 is 2.11 bits per heavy atom. The molecule has 19 heavy (non-hydrogen) atoms. The van der Waals surface area contributed by atoms with E-state index in [4.69, 9.17) is 43.1 Å². The maximum atomic E-state index is 11.1. The number of halogens is 2. The summed E-state index contributed by atoms with van der Waals surface area (Å²) >= 11 is 12.1. The SMILES string of the molecule is CCC(OCOC)(OC(N)=O)c1cccc(Cl)c1Cl. The molecule has 1 atom stereocenters. The van der Waals surface area contributed by atoms with Gasteiger partial charge in [-0.25, -0.2) is 4.79 Å². The van der Waals surface area contributed by atoms with E-state index >= 15 is 0 Å². The summed E-state index contributed by atoms with van der Waals surface area (Å²) in [7, 11) is 1.45. The van der Waals surface area contributed by atoms with Crippen LogP contribution in [0, 0.1) is 0 Å². The van der Waals surface area contributed by atoms with E-state index in [1.165, 1.54) is 7.11 Å². The Morgan fingerprint density at radius 1 is 1.42 bits per heavy atom. The third-order valence-corrected chi connectivity index (χ3v) is 3.32. The van der Waals surface area contributed by atoms with Gasteiger partial charge in [0.25, 0.3) is 0 Å². The number of ether oxygens (including phenoxy) is 3. The van der Waals surface area contributed by atoms with Gasteiger partial charge in [0.1, 0.15) is 0 Å². The van der Waals surface area contributed by atoms with E-state index in [0.717, 1.165) is 0 Å². The first-order chi connectivity index (χ1) is 8.96. The van der Waals surface area contributed by atoms with Crippen molar-refractivity contribution in [3.8, 4) is 0 Å². The van der Waals surface area contributed by atoms with Crippen LogP contribution in [-0.4, -0.2) is 20.0 Å². The van der Waals surface area contributed by atoms with Gasteiger partial charge in [-0.3, -0.25) is 0 Å². The summed E-state index contributed by atoms with van der Waals surface area (Å²) in [5.41, 5.74) is 5.51. The average Bonchev–Trinajstić information content (AvgIpc) is 2.37. The van der Waals surface area contributed by atoms with Crippen molar-refractivity contribution in [2.75, 3.05) is 13.9 Å². The van der Waals surface area contributed by atoms with Crippen LogP contribution in [0.2, 0.25) is 10.0 Å². The standard InChI is InChI=1S/C12H15Cl2NO4/c1-3-12(18-7-17-2,19-11(15)16)8-5-4-6-9(13)10(8)14/h4-6H,3,7H2,1-2H3,(H2,15,16). The summed E-state index contributed by atoms with van der Waals surface area (Å²) in [5.74, 6) is -1.43. The molecular formula is C12H15Cl2NO4. The van der Waals surface area contributed by atoms with Crippen LogP contribution in [0.15, 0.2) is 18.2 Å². The van der Waals surface area contributed by atoms with Gasteiger partial charge in [0.05, 0.1) is 10.0 Å². The van der Waals surface area contributed by atoms with Gasteiger partial charge in [0.15, 0.2) is 6.79 Å². The minimum absolute atomic E-state index is 0.0933. The van der Waals surface area contributed by atoms with Gasteiger partial charge in [-0.15, -0.1) is 0 Å². The molecule has 0 fully saturated rings. The molecule has 0 saturated heterocycles. The van der Waals surface area contributed by atoms with E-state index in [1.807, 2.05) is 0 Å². The number of carbonyl (C=O) groups is 1. The molecular weight excluding hydrogens is 293 g/mol. The Hall–Kier alpha value is -1.01. The van der Waals surface area contributed by atoms with E-state index in [9.17, 15) is 4.79 Å². The van der Waals surface area contributed by atoms with Crippen molar-refractivity contribution in [1.82, 2.24) is 0 Å². The predicted octanol–water partition coefficient (Wildman–Crippen LogP) is 3.27. The van der Waals surface area contributed by atoms with Gasteiger partial charge in [-0.05, 0) is 6.07 Å². The highest BCUT2D eigenvalue weighted by Crippen LogP contribution is 2.38. The number of benzene rings is 1. The molecule has 0 saturated carbocycles. The van der Waals surface area contributed by atoms with Crippen LogP contribution in [0.4, 0.5) is 4.79 Å². The van der Waals surface area contributed by atoms with Gasteiger partial charge in [0.2, 0.25) is 5.79 Å². The molecule has 1 aromatic rings. The minimum Gasteiger partial charge on any atom is -0.412 e. The lowest BCUT2D eigenvalue weighted by Crippen LogP contribution is -2.38. The highest BCUT2D eigenvalue weighted by molar-refractivity contribution is 6.42. The van der Waals surface area contributed by atoms with Crippen LogP contribution in [0.1, 0.15) is 18.9 Å². The Morgan fingerprint density at radius 3 is 2.63 bits per heavy atom. The average molecular weight is 308 g/mol. The van der Waals surface area contributed by atoms with E-state index < -0.39 is 11.9 Å². The Balaban J connectivity index is 3.27. The molecule has 0 aromatic heterocycles.